The van der Waals surface area contributed by atoms with Crippen molar-refractivity contribution < 1.29 is 0 Å². The van der Waals surface area contributed by atoms with Gasteiger partial charge in [-0.3, -0.25) is 4.98 Å². The number of benzene rings is 1. The lowest BCUT2D eigenvalue weighted by Gasteiger charge is -2.06. The molecule has 0 aliphatic rings. The normalized spacial score (nSPS) is 10.9. The highest BCUT2D eigenvalue weighted by atomic mass is 15.1. The van der Waals surface area contributed by atoms with Crippen molar-refractivity contribution in [3.05, 3.63) is 54.1 Å². The number of aromatic nitrogens is 3. The van der Waals surface area contributed by atoms with Crippen molar-refractivity contribution in [2.45, 2.75) is 13.5 Å². The molecule has 1 aromatic carbocycles. The minimum atomic E-state index is 0.746. The Morgan fingerprint density at radius 1 is 1.17 bits per heavy atom. The molecule has 3 rings (SSSR count). The molecular formula is C14H14N4. The predicted octanol–water partition coefficient (Wildman–Crippen LogP) is 2.37. The first-order chi connectivity index (χ1) is 8.74. The van der Waals surface area contributed by atoms with E-state index in [1.54, 1.807) is 0 Å². The second-order valence-corrected chi connectivity index (χ2v) is 4.35. The Morgan fingerprint density at radius 3 is 2.72 bits per heavy atom. The summed E-state index contributed by atoms with van der Waals surface area (Å²) in [6.07, 6.45) is 3.61. The van der Waals surface area contributed by atoms with Gasteiger partial charge in [-0.05, 0) is 42.8 Å². The molecule has 2 heterocycles. The fourth-order valence-corrected chi connectivity index (χ4v) is 2.14. The van der Waals surface area contributed by atoms with Crippen LogP contribution in [0.2, 0.25) is 0 Å². The molecule has 0 fully saturated rings. The summed E-state index contributed by atoms with van der Waals surface area (Å²) in [5.41, 5.74) is 9.79. The third kappa shape index (κ3) is 1.82. The first-order valence-corrected chi connectivity index (χ1v) is 5.85. The Kier molecular flexibility index (Phi) is 2.48. The zero-order valence-corrected chi connectivity index (χ0v) is 10.2. The molecule has 2 aromatic heterocycles. The minimum Gasteiger partial charge on any atom is -0.399 e. The fraction of sp³-hybridized carbons (Fsp3) is 0.143. The molecule has 0 spiro atoms. The lowest BCUT2D eigenvalue weighted by Crippen LogP contribution is -2.01. The molecule has 3 aromatic rings. The van der Waals surface area contributed by atoms with Gasteiger partial charge in [-0.2, -0.15) is 0 Å². The zero-order chi connectivity index (χ0) is 12.5. The Bertz CT molecular complexity index is 686. The molecule has 18 heavy (non-hydrogen) atoms. The maximum Gasteiger partial charge on any atom is 0.107 e. The van der Waals surface area contributed by atoms with Gasteiger partial charge in [-0.25, -0.2) is 4.98 Å². The molecule has 0 atom stereocenters. The standard InChI is InChI=1S/C14H14N4/c1-10-17-13-8-12(15)2-3-14(13)18(10)9-11-4-6-16-7-5-11/h2-8H,9,15H2,1H3. The van der Waals surface area contributed by atoms with E-state index in [2.05, 4.69) is 14.5 Å². The van der Waals surface area contributed by atoms with E-state index in [0.29, 0.717) is 0 Å². The first kappa shape index (κ1) is 10.8. The average molecular weight is 238 g/mol. The smallest absolute Gasteiger partial charge is 0.107 e. The van der Waals surface area contributed by atoms with Crippen LogP contribution in [0.4, 0.5) is 5.69 Å². The van der Waals surface area contributed by atoms with Crippen molar-refractivity contribution in [3.8, 4) is 0 Å². The molecule has 0 saturated carbocycles. The Balaban J connectivity index is 2.09. The van der Waals surface area contributed by atoms with Crippen molar-refractivity contribution in [3.63, 3.8) is 0 Å². The number of imidazole rings is 1. The van der Waals surface area contributed by atoms with Gasteiger partial charge in [0.2, 0.25) is 0 Å². The van der Waals surface area contributed by atoms with Crippen molar-refractivity contribution in [2.24, 2.45) is 0 Å². The van der Waals surface area contributed by atoms with E-state index in [1.165, 1.54) is 5.56 Å². The molecule has 0 amide bonds. The van der Waals surface area contributed by atoms with Crippen molar-refractivity contribution in [1.82, 2.24) is 14.5 Å². The topological polar surface area (TPSA) is 56.7 Å². The van der Waals surface area contributed by atoms with Gasteiger partial charge < -0.3 is 10.3 Å². The maximum absolute atomic E-state index is 5.78. The lowest BCUT2D eigenvalue weighted by atomic mass is 10.2. The maximum atomic E-state index is 5.78. The van der Waals surface area contributed by atoms with Crippen LogP contribution >= 0.6 is 0 Å². The summed E-state index contributed by atoms with van der Waals surface area (Å²) in [6, 6.07) is 9.87. The SMILES string of the molecule is Cc1nc2cc(N)ccc2n1Cc1ccncc1. The lowest BCUT2D eigenvalue weighted by molar-refractivity contribution is 0.784. The summed E-state index contributed by atoms with van der Waals surface area (Å²) in [6.45, 7) is 2.81. The monoisotopic (exact) mass is 238 g/mol. The first-order valence-electron chi connectivity index (χ1n) is 5.85. The minimum absolute atomic E-state index is 0.746. The predicted molar refractivity (Wildman–Crippen MR) is 72.2 cm³/mol. The third-order valence-corrected chi connectivity index (χ3v) is 3.05. The highest BCUT2D eigenvalue weighted by molar-refractivity contribution is 5.79. The van der Waals surface area contributed by atoms with Crippen LogP contribution in [0.15, 0.2) is 42.7 Å². The number of nitrogen functional groups attached to an aromatic ring is 1. The van der Waals surface area contributed by atoms with Crippen molar-refractivity contribution >= 4 is 16.7 Å². The van der Waals surface area contributed by atoms with Gasteiger partial charge >= 0.3 is 0 Å². The van der Waals surface area contributed by atoms with Gasteiger partial charge in [0.05, 0.1) is 11.0 Å². The number of nitrogens with two attached hydrogens (primary N) is 1. The van der Waals surface area contributed by atoms with Crippen LogP contribution < -0.4 is 5.73 Å². The molecule has 90 valence electrons. The highest BCUT2D eigenvalue weighted by Gasteiger charge is 2.07. The quantitative estimate of drug-likeness (QED) is 0.697. The van der Waals surface area contributed by atoms with Crippen molar-refractivity contribution in [1.29, 1.82) is 0 Å². The molecule has 0 saturated heterocycles. The molecule has 0 bridgehead atoms. The zero-order valence-electron chi connectivity index (χ0n) is 10.2. The van der Waals surface area contributed by atoms with Crippen LogP contribution in [-0.2, 0) is 6.54 Å². The Morgan fingerprint density at radius 2 is 1.94 bits per heavy atom. The number of rotatable bonds is 2. The van der Waals surface area contributed by atoms with E-state index in [4.69, 9.17) is 5.73 Å². The number of hydrogen-bond acceptors (Lipinski definition) is 3. The molecule has 0 aliphatic carbocycles. The van der Waals surface area contributed by atoms with Gasteiger partial charge in [0, 0.05) is 24.6 Å². The van der Waals surface area contributed by atoms with E-state index in [1.807, 2.05) is 49.6 Å². The van der Waals surface area contributed by atoms with Gasteiger partial charge in [0.15, 0.2) is 0 Å². The van der Waals surface area contributed by atoms with Crippen LogP contribution in [0.5, 0.6) is 0 Å². The molecule has 0 aliphatic heterocycles. The van der Waals surface area contributed by atoms with Crippen LogP contribution in [0, 0.1) is 6.92 Å². The van der Waals surface area contributed by atoms with Crippen LogP contribution in [0.25, 0.3) is 11.0 Å². The van der Waals surface area contributed by atoms with E-state index < -0.39 is 0 Å². The van der Waals surface area contributed by atoms with Crippen LogP contribution in [-0.4, -0.2) is 14.5 Å². The Hall–Kier alpha value is -2.36. The van der Waals surface area contributed by atoms with E-state index in [0.717, 1.165) is 29.1 Å². The number of pyridine rings is 1. The van der Waals surface area contributed by atoms with Gasteiger partial charge in [-0.1, -0.05) is 0 Å². The van der Waals surface area contributed by atoms with Gasteiger partial charge in [0.25, 0.3) is 0 Å². The molecule has 4 heteroatoms. The highest BCUT2D eigenvalue weighted by Crippen LogP contribution is 2.19. The molecule has 4 nitrogen and oxygen atoms in total. The number of hydrogen-bond donors (Lipinski definition) is 1. The molecular weight excluding hydrogens is 224 g/mol. The Labute approximate surface area is 105 Å². The van der Waals surface area contributed by atoms with Crippen LogP contribution in [0.3, 0.4) is 0 Å². The van der Waals surface area contributed by atoms with Crippen LogP contribution in [0.1, 0.15) is 11.4 Å². The van der Waals surface area contributed by atoms with E-state index in [9.17, 15) is 0 Å². The third-order valence-electron chi connectivity index (χ3n) is 3.05. The number of nitrogens with zero attached hydrogens (tertiary/aromatic N) is 3. The summed E-state index contributed by atoms with van der Waals surface area (Å²) in [7, 11) is 0. The second kappa shape index (κ2) is 4.14. The van der Waals surface area contributed by atoms with Gasteiger partial charge in [0.1, 0.15) is 5.82 Å². The number of fused-ring (bicyclic) bond motifs is 1. The molecule has 0 radical (unpaired) electrons. The second-order valence-electron chi connectivity index (χ2n) is 4.35. The summed E-state index contributed by atoms with van der Waals surface area (Å²) in [5, 5.41) is 0. The summed E-state index contributed by atoms with van der Waals surface area (Å²) in [4.78, 5) is 8.57. The summed E-state index contributed by atoms with van der Waals surface area (Å²) in [5.74, 6) is 0.993. The molecule has 2 N–H and O–H groups in total. The van der Waals surface area contributed by atoms with Gasteiger partial charge in [-0.15, -0.1) is 0 Å². The number of aryl methyl sites for hydroxylation is 1. The summed E-state index contributed by atoms with van der Waals surface area (Å²) < 4.78 is 2.18. The fourth-order valence-electron chi connectivity index (χ4n) is 2.14. The van der Waals surface area contributed by atoms with Crippen molar-refractivity contribution in [2.75, 3.05) is 5.73 Å². The average Bonchev–Trinajstić information content (AvgIpc) is 2.66. The van der Waals surface area contributed by atoms with E-state index >= 15 is 0 Å². The molecule has 0 unspecified atom stereocenters. The van der Waals surface area contributed by atoms with E-state index in [-0.39, 0.29) is 0 Å². The summed E-state index contributed by atoms with van der Waals surface area (Å²) >= 11 is 0. The number of anilines is 1. The largest absolute Gasteiger partial charge is 0.399 e.